The lowest BCUT2D eigenvalue weighted by Crippen LogP contribution is -2.10. The van der Waals surface area contributed by atoms with Crippen LogP contribution in [0.4, 0.5) is 4.39 Å². The van der Waals surface area contributed by atoms with Gasteiger partial charge in [0.1, 0.15) is 11.5 Å². The summed E-state index contributed by atoms with van der Waals surface area (Å²) in [6.07, 6.45) is 7.26. The Bertz CT molecular complexity index is 1670. The molecular weight excluding hydrogens is 441 g/mol. The Morgan fingerprint density at radius 3 is 2.49 bits per heavy atom. The number of aromatic amines is 2. The number of rotatable bonds is 5. The summed E-state index contributed by atoms with van der Waals surface area (Å²) in [5.74, 6) is -0.273. The molecule has 0 radical (unpaired) electrons. The van der Waals surface area contributed by atoms with Crippen LogP contribution in [0.2, 0.25) is 0 Å². The van der Waals surface area contributed by atoms with Gasteiger partial charge in [0.05, 0.1) is 28.8 Å². The molecule has 5 aromatic heterocycles. The van der Waals surface area contributed by atoms with Crippen molar-refractivity contribution in [3.8, 4) is 33.9 Å². The number of benzene rings is 1. The van der Waals surface area contributed by atoms with Crippen molar-refractivity contribution in [1.82, 2.24) is 35.0 Å². The summed E-state index contributed by atoms with van der Waals surface area (Å²) in [6.45, 7) is 0.805. The number of nitrogens with zero attached hydrogens (tertiary/aromatic N) is 5. The standard InChI is InChI=1S/C27H22FN7/c1-35(2)15-16-9-18(13-29-12-16)23-10-21-25(14-31-23)33-34-27(21)24-11-20-22(32-24)7-8-30-26(20)17-3-5-19(28)6-4-17/h3-14,32H,15H2,1-2H3,(H,33,34). The molecule has 7 nitrogen and oxygen atoms in total. The minimum atomic E-state index is -0.273. The molecule has 0 atom stereocenters. The molecule has 8 heteroatoms. The van der Waals surface area contributed by atoms with Gasteiger partial charge < -0.3 is 9.88 Å². The zero-order valence-electron chi connectivity index (χ0n) is 19.2. The smallest absolute Gasteiger partial charge is 0.123 e. The monoisotopic (exact) mass is 463 g/mol. The van der Waals surface area contributed by atoms with Gasteiger partial charge >= 0.3 is 0 Å². The van der Waals surface area contributed by atoms with Gasteiger partial charge in [0.25, 0.3) is 0 Å². The maximum atomic E-state index is 13.4. The summed E-state index contributed by atoms with van der Waals surface area (Å²) in [5, 5.41) is 9.56. The van der Waals surface area contributed by atoms with Gasteiger partial charge in [-0.1, -0.05) is 0 Å². The number of hydrogen-bond acceptors (Lipinski definition) is 5. The first-order valence-corrected chi connectivity index (χ1v) is 11.2. The number of halogens is 1. The van der Waals surface area contributed by atoms with Crippen molar-refractivity contribution in [1.29, 1.82) is 0 Å². The Balaban J connectivity index is 1.44. The van der Waals surface area contributed by atoms with E-state index >= 15 is 0 Å². The van der Waals surface area contributed by atoms with E-state index in [0.717, 1.165) is 67.8 Å². The number of aromatic nitrogens is 6. The van der Waals surface area contributed by atoms with E-state index in [1.807, 2.05) is 44.7 Å². The van der Waals surface area contributed by atoms with Crippen molar-refractivity contribution in [3.63, 3.8) is 0 Å². The van der Waals surface area contributed by atoms with Crippen LogP contribution in [-0.2, 0) is 6.54 Å². The van der Waals surface area contributed by atoms with Crippen molar-refractivity contribution < 1.29 is 4.39 Å². The highest BCUT2D eigenvalue weighted by atomic mass is 19.1. The molecule has 6 aromatic rings. The summed E-state index contributed by atoms with van der Waals surface area (Å²) in [5.41, 5.74) is 7.98. The Labute approximate surface area is 200 Å². The van der Waals surface area contributed by atoms with Crippen LogP contribution in [-0.4, -0.2) is 49.1 Å². The zero-order valence-corrected chi connectivity index (χ0v) is 19.2. The van der Waals surface area contributed by atoms with Gasteiger partial charge in [-0.3, -0.25) is 20.1 Å². The predicted molar refractivity (Wildman–Crippen MR) is 135 cm³/mol. The number of fused-ring (bicyclic) bond motifs is 2. The molecule has 0 spiro atoms. The molecule has 0 aliphatic carbocycles. The fourth-order valence-electron chi connectivity index (χ4n) is 4.38. The van der Waals surface area contributed by atoms with Crippen LogP contribution in [0.15, 0.2) is 73.3 Å². The maximum Gasteiger partial charge on any atom is 0.123 e. The lowest BCUT2D eigenvalue weighted by atomic mass is 10.1. The molecule has 0 fully saturated rings. The van der Waals surface area contributed by atoms with E-state index in [2.05, 4.69) is 41.1 Å². The normalized spacial score (nSPS) is 11.7. The quantitative estimate of drug-likeness (QED) is 0.356. The van der Waals surface area contributed by atoms with Crippen molar-refractivity contribution >= 4 is 21.8 Å². The minimum absolute atomic E-state index is 0.273. The summed E-state index contributed by atoms with van der Waals surface area (Å²) < 4.78 is 13.4. The molecule has 1 aromatic carbocycles. The molecule has 0 saturated carbocycles. The van der Waals surface area contributed by atoms with Gasteiger partial charge in [-0.15, -0.1) is 0 Å². The molecule has 0 unspecified atom stereocenters. The second-order valence-electron chi connectivity index (χ2n) is 8.82. The van der Waals surface area contributed by atoms with Crippen LogP contribution in [0.5, 0.6) is 0 Å². The Morgan fingerprint density at radius 1 is 0.829 bits per heavy atom. The van der Waals surface area contributed by atoms with Gasteiger partial charge in [-0.05, 0) is 68.2 Å². The molecule has 0 aliphatic heterocycles. The van der Waals surface area contributed by atoms with Crippen LogP contribution < -0.4 is 0 Å². The topological polar surface area (TPSA) is 86.4 Å². The largest absolute Gasteiger partial charge is 0.353 e. The highest BCUT2D eigenvalue weighted by molar-refractivity contribution is 6.00. The van der Waals surface area contributed by atoms with Crippen molar-refractivity contribution in [3.05, 3.63) is 84.7 Å². The van der Waals surface area contributed by atoms with Crippen LogP contribution in [0.25, 0.3) is 55.7 Å². The maximum absolute atomic E-state index is 13.4. The lowest BCUT2D eigenvalue weighted by molar-refractivity contribution is 0.402. The Kier molecular flexibility index (Phi) is 5.08. The summed E-state index contributed by atoms with van der Waals surface area (Å²) in [4.78, 5) is 19.2. The molecule has 0 saturated heterocycles. The van der Waals surface area contributed by atoms with E-state index in [9.17, 15) is 4.39 Å². The summed E-state index contributed by atoms with van der Waals surface area (Å²) >= 11 is 0. The van der Waals surface area contributed by atoms with Crippen LogP contribution in [0, 0.1) is 5.82 Å². The van der Waals surface area contributed by atoms with Crippen LogP contribution in [0.1, 0.15) is 5.56 Å². The second-order valence-corrected chi connectivity index (χ2v) is 8.82. The number of pyridine rings is 3. The third-order valence-electron chi connectivity index (χ3n) is 5.96. The van der Waals surface area contributed by atoms with Crippen LogP contribution >= 0.6 is 0 Å². The van der Waals surface area contributed by atoms with E-state index in [4.69, 9.17) is 0 Å². The first-order valence-electron chi connectivity index (χ1n) is 11.2. The predicted octanol–water partition coefficient (Wildman–Crippen LogP) is 5.43. The van der Waals surface area contributed by atoms with Crippen molar-refractivity contribution in [2.24, 2.45) is 0 Å². The molecule has 35 heavy (non-hydrogen) atoms. The highest BCUT2D eigenvalue weighted by Gasteiger charge is 2.15. The second kappa shape index (κ2) is 8.41. The van der Waals surface area contributed by atoms with Gasteiger partial charge in [0.2, 0.25) is 0 Å². The van der Waals surface area contributed by atoms with Gasteiger partial charge in [-0.25, -0.2) is 4.39 Å². The van der Waals surface area contributed by atoms with Gasteiger partial charge in [0.15, 0.2) is 0 Å². The molecule has 0 bridgehead atoms. The Hall–Kier alpha value is -4.43. The fraction of sp³-hybridized carbons (Fsp3) is 0.111. The molecule has 172 valence electrons. The van der Waals surface area contributed by atoms with E-state index in [1.165, 1.54) is 12.1 Å². The first-order chi connectivity index (χ1) is 17.0. The van der Waals surface area contributed by atoms with E-state index in [1.54, 1.807) is 24.5 Å². The number of H-pyrrole nitrogens is 2. The van der Waals surface area contributed by atoms with Gasteiger partial charge in [0, 0.05) is 52.6 Å². The van der Waals surface area contributed by atoms with Crippen molar-refractivity contribution in [2.45, 2.75) is 6.54 Å². The lowest BCUT2D eigenvalue weighted by Gasteiger charge is -2.10. The number of hydrogen-bond donors (Lipinski definition) is 2. The highest BCUT2D eigenvalue weighted by Crippen LogP contribution is 2.34. The molecule has 2 N–H and O–H groups in total. The molecule has 0 amide bonds. The minimum Gasteiger partial charge on any atom is -0.353 e. The average molecular weight is 464 g/mol. The van der Waals surface area contributed by atoms with E-state index in [-0.39, 0.29) is 5.82 Å². The SMILES string of the molecule is CN(C)Cc1cncc(-c2cc3c(-c4cc5c(-c6ccc(F)cc6)nccc5[nH]4)n[nH]c3cn2)c1. The van der Waals surface area contributed by atoms with Crippen molar-refractivity contribution in [2.75, 3.05) is 14.1 Å². The summed E-state index contributed by atoms with van der Waals surface area (Å²) in [7, 11) is 4.07. The third kappa shape index (κ3) is 3.94. The molecule has 5 heterocycles. The third-order valence-corrected chi connectivity index (χ3v) is 5.96. The van der Waals surface area contributed by atoms with E-state index in [0.29, 0.717) is 0 Å². The first kappa shape index (κ1) is 21.1. The Morgan fingerprint density at radius 2 is 1.66 bits per heavy atom. The summed E-state index contributed by atoms with van der Waals surface area (Å²) in [6, 6.07) is 14.5. The molecule has 6 rings (SSSR count). The fourth-order valence-corrected chi connectivity index (χ4v) is 4.38. The zero-order chi connectivity index (χ0) is 23.9. The molecular formula is C27H22FN7. The molecule has 0 aliphatic rings. The average Bonchev–Trinajstić information content (AvgIpc) is 3.48. The van der Waals surface area contributed by atoms with E-state index < -0.39 is 0 Å². The number of nitrogens with one attached hydrogen (secondary N) is 2. The van der Waals surface area contributed by atoms with Gasteiger partial charge in [-0.2, -0.15) is 5.10 Å². The van der Waals surface area contributed by atoms with Crippen LogP contribution in [0.3, 0.4) is 0 Å².